The van der Waals surface area contributed by atoms with Gasteiger partial charge in [-0.1, -0.05) is 12.1 Å². The van der Waals surface area contributed by atoms with E-state index in [-0.39, 0.29) is 10.8 Å². The Balaban J connectivity index is 1.91. The average molecular weight is 353 g/mol. The number of nitrogens with one attached hydrogen (secondary N) is 1. The standard InChI is InChI=1S/C18H15N3O3S/c1-2-21-15-8-9-16(13-6-3-7-14(17(13)15)18(21)22)25(23,24)20-12-5-4-10-19-11-12/h3-11,20H,2H2,1H3. The Hall–Kier alpha value is -2.93. The number of hydrogen-bond donors (Lipinski definition) is 1. The quantitative estimate of drug-likeness (QED) is 0.782. The van der Waals surface area contributed by atoms with Crippen LogP contribution in [0.5, 0.6) is 0 Å². The molecule has 0 saturated heterocycles. The number of amides is 1. The van der Waals surface area contributed by atoms with Gasteiger partial charge in [0.2, 0.25) is 0 Å². The molecule has 3 aromatic rings. The number of pyridine rings is 1. The lowest BCUT2D eigenvalue weighted by atomic mass is 10.1. The molecule has 0 fully saturated rings. The number of carbonyl (C=O) groups is 1. The van der Waals surface area contributed by atoms with E-state index in [1.54, 1.807) is 53.6 Å². The van der Waals surface area contributed by atoms with E-state index in [0.29, 0.717) is 28.6 Å². The maximum absolute atomic E-state index is 12.9. The lowest BCUT2D eigenvalue weighted by Crippen LogP contribution is -2.25. The van der Waals surface area contributed by atoms with Gasteiger partial charge in [0.25, 0.3) is 15.9 Å². The molecule has 0 bridgehead atoms. The highest BCUT2D eigenvalue weighted by molar-refractivity contribution is 7.93. The number of benzene rings is 2. The number of sulfonamides is 1. The first-order chi connectivity index (χ1) is 12.0. The van der Waals surface area contributed by atoms with E-state index < -0.39 is 10.0 Å². The molecule has 25 heavy (non-hydrogen) atoms. The molecule has 1 aliphatic heterocycles. The Morgan fingerprint density at radius 2 is 1.96 bits per heavy atom. The molecule has 7 heteroatoms. The fourth-order valence-corrected chi connectivity index (χ4v) is 4.45. The maximum Gasteiger partial charge on any atom is 0.262 e. The molecule has 2 heterocycles. The SMILES string of the molecule is CCN1C(=O)c2cccc3c(S(=O)(=O)Nc4cccnc4)ccc1c23. The third-order valence-electron chi connectivity index (χ3n) is 4.26. The fraction of sp³-hybridized carbons (Fsp3) is 0.111. The Morgan fingerprint density at radius 3 is 2.68 bits per heavy atom. The summed E-state index contributed by atoms with van der Waals surface area (Å²) in [4.78, 5) is 18.2. The van der Waals surface area contributed by atoms with Crippen LogP contribution in [-0.2, 0) is 10.0 Å². The minimum absolute atomic E-state index is 0.0992. The van der Waals surface area contributed by atoms with Crippen LogP contribution in [0.15, 0.2) is 59.8 Å². The highest BCUT2D eigenvalue weighted by atomic mass is 32.2. The molecule has 2 aromatic carbocycles. The largest absolute Gasteiger partial charge is 0.308 e. The van der Waals surface area contributed by atoms with Crippen LogP contribution in [0, 0.1) is 0 Å². The number of anilines is 2. The maximum atomic E-state index is 12.9. The average Bonchev–Trinajstić information content (AvgIpc) is 2.89. The summed E-state index contributed by atoms with van der Waals surface area (Å²) in [5.41, 5.74) is 1.67. The molecule has 0 radical (unpaired) electrons. The van der Waals surface area contributed by atoms with Gasteiger partial charge in [-0.25, -0.2) is 8.42 Å². The van der Waals surface area contributed by atoms with Crippen LogP contribution in [-0.4, -0.2) is 25.9 Å². The summed E-state index contributed by atoms with van der Waals surface area (Å²) in [6.07, 6.45) is 3.02. The van der Waals surface area contributed by atoms with Crippen LogP contribution < -0.4 is 9.62 Å². The van der Waals surface area contributed by atoms with Crippen LogP contribution in [0.1, 0.15) is 17.3 Å². The van der Waals surface area contributed by atoms with Gasteiger partial charge in [0.1, 0.15) is 0 Å². The number of aromatic nitrogens is 1. The van der Waals surface area contributed by atoms with Crippen molar-refractivity contribution < 1.29 is 13.2 Å². The van der Waals surface area contributed by atoms with Gasteiger partial charge in [0.15, 0.2) is 0 Å². The zero-order valence-electron chi connectivity index (χ0n) is 13.4. The lowest BCUT2D eigenvalue weighted by molar-refractivity contribution is 0.0994. The first kappa shape index (κ1) is 15.6. The monoisotopic (exact) mass is 353 g/mol. The molecular formula is C18H15N3O3S. The Morgan fingerprint density at radius 1 is 1.12 bits per heavy atom. The van der Waals surface area contributed by atoms with Gasteiger partial charge >= 0.3 is 0 Å². The van der Waals surface area contributed by atoms with E-state index in [2.05, 4.69) is 9.71 Å². The van der Waals surface area contributed by atoms with Gasteiger partial charge in [0.05, 0.1) is 22.5 Å². The molecule has 0 saturated carbocycles. The topological polar surface area (TPSA) is 79.4 Å². The molecule has 1 aromatic heterocycles. The molecule has 4 rings (SSSR count). The molecule has 1 amide bonds. The highest BCUT2D eigenvalue weighted by Crippen LogP contribution is 2.40. The summed E-state index contributed by atoms with van der Waals surface area (Å²) in [6, 6.07) is 11.7. The number of nitrogens with zero attached hydrogens (tertiary/aromatic N) is 2. The van der Waals surface area contributed by atoms with E-state index >= 15 is 0 Å². The van der Waals surface area contributed by atoms with E-state index in [9.17, 15) is 13.2 Å². The van der Waals surface area contributed by atoms with Crippen LogP contribution in [0.3, 0.4) is 0 Å². The van der Waals surface area contributed by atoms with Crippen LogP contribution in [0.2, 0.25) is 0 Å². The highest BCUT2D eigenvalue weighted by Gasteiger charge is 2.31. The van der Waals surface area contributed by atoms with Crippen molar-refractivity contribution in [1.29, 1.82) is 0 Å². The van der Waals surface area contributed by atoms with Crippen molar-refractivity contribution in [3.63, 3.8) is 0 Å². The van der Waals surface area contributed by atoms with E-state index in [1.165, 1.54) is 6.20 Å². The molecule has 0 spiro atoms. The second-order valence-electron chi connectivity index (χ2n) is 5.71. The van der Waals surface area contributed by atoms with Gasteiger partial charge in [-0.15, -0.1) is 0 Å². The zero-order chi connectivity index (χ0) is 17.6. The summed E-state index contributed by atoms with van der Waals surface area (Å²) in [7, 11) is -3.81. The van der Waals surface area contributed by atoms with Crippen molar-refractivity contribution >= 4 is 38.1 Å². The molecule has 126 valence electrons. The number of hydrogen-bond acceptors (Lipinski definition) is 4. The summed E-state index contributed by atoms with van der Waals surface area (Å²) in [5.74, 6) is -0.0992. The molecule has 1 N–H and O–H groups in total. The molecular weight excluding hydrogens is 338 g/mol. The second kappa shape index (κ2) is 5.56. The summed E-state index contributed by atoms with van der Waals surface area (Å²) < 4.78 is 28.2. The minimum atomic E-state index is -3.81. The molecule has 1 aliphatic rings. The molecule has 0 aliphatic carbocycles. The first-order valence-electron chi connectivity index (χ1n) is 7.83. The van der Waals surface area contributed by atoms with Gasteiger partial charge in [-0.3, -0.25) is 14.5 Å². The Labute approximate surface area is 145 Å². The Kier molecular flexibility index (Phi) is 3.47. The second-order valence-corrected chi connectivity index (χ2v) is 7.36. The van der Waals surface area contributed by atoms with Crippen molar-refractivity contribution in [3.05, 3.63) is 60.4 Å². The van der Waals surface area contributed by atoms with E-state index in [0.717, 1.165) is 5.69 Å². The smallest absolute Gasteiger partial charge is 0.262 e. The normalized spacial score (nSPS) is 13.5. The van der Waals surface area contributed by atoms with Crippen molar-refractivity contribution in [2.75, 3.05) is 16.2 Å². The van der Waals surface area contributed by atoms with Crippen LogP contribution >= 0.6 is 0 Å². The lowest BCUT2D eigenvalue weighted by Gasteiger charge is -2.15. The van der Waals surface area contributed by atoms with Crippen LogP contribution in [0.25, 0.3) is 10.8 Å². The van der Waals surface area contributed by atoms with Gasteiger partial charge < -0.3 is 4.90 Å². The third kappa shape index (κ3) is 2.35. The molecule has 0 atom stereocenters. The van der Waals surface area contributed by atoms with Crippen molar-refractivity contribution in [2.24, 2.45) is 0 Å². The predicted molar refractivity (Wildman–Crippen MR) is 96.3 cm³/mol. The molecule has 0 unspecified atom stereocenters. The van der Waals surface area contributed by atoms with Gasteiger partial charge in [-0.05, 0) is 37.3 Å². The molecule has 6 nitrogen and oxygen atoms in total. The summed E-state index contributed by atoms with van der Waals surface area (Å²) in [5, 5.41) is 1.22. The Bertz CT molecular complexity index is 1100. The fourth-order valence-electron chi connectivity index (χ4n) is 3.20. The summed E-state index contributed by atoms with van der Waals surface area (Å²) in [6.45, 7) is 2.42. The predicted octanol–water partition coefficient (Wildman–Crippen LogP) is 3.02. The minimum Gasteiger partial charge on any atom is -0.308 e. The third-order valence-corrected chi connectivity index (χ3v) is 5.70. The van der Waals surface area contributed by atoms with Gasteiger partial charge in [0, 0.05) is 29.1 Å². The zero-order valence-corrected chi connectivity index (χ0v) is 14.2. The van der Waals surface area contributed by atoms with Crippen molar-refractivity contribution in [1.82, 2.24) is 4.98 Å². The number of carbonyl (C=O) groups excluding carboxylic acids is 1. The van der Waals surface area contributed by atoms with Crippen LogP contribution in [0.4, 0.5) is 11.4 Å². The van der Waals surface area contributed by atoms with Crippen molar-refractivity contribution in [2.45, 2.75) is 11.8 Å². The van der Waals surface area contributed by atoms with Crippen molar-refractivity contribution in [3.8, 4) is 0 Å². The summed E-state index contributed by atoms with van der Waals surface area (Å²) >= 11 is 0. The number of rotatable bonds is 4. The first-order valence-corrected chi connectivity index (χ1v) is 9.31. The van der Waals surface area contributed by atoms with E-state index in [4.69, 9.17) is 0 Å². The van der Waals surface area contributed by atoms with Gasteiger partial charge in [-0.2, -0.15) is 0 Å². The van der Waals surface area contributed by atoms with E-state index in [1.807, 2.05) is 6.92 Å².